The first kappa shape index (κ1) is 10.4. The van der Waals surface area contributed by atoms with E-state index in [2.05, 4.69) is 29.0 Å². The largest absolute Gasteiger partial charge is 0.496 e. The third-order valence-corrected chi connectivity index (χ3v) is 3.61. The number of nitrogens with one attached hydrogen (secondary N) is 1. The Morgan fingerprint density at radius 3 is 3.00 bits per heavy atom. The van der Waals surface area contributed by atoms with E-state index in [0.717, 1.165) is 24.4 Å². The number of aromatic nitrogens is 2. The normalized spacial score (nSPS) is 18.1. The number of nitrogens with zero attached hydrogens (tertiary/aromatic N) is 1. The highest BCUT2D eigenvalue weighted by atomic mass is 16.5. The van der Waals surface area contributed by atoms with E-state index in [1.807, 2.05) is 12.4 Å². The zero-order valence-electron chi connectivity index (χ0n) is 10.2. The molecule has 1 N–H and O–H groups in total. The van der Waals surface area contributed by atoms with Crippen molar-refractivity contribution in [3.05, 3.63) is 47.0 Å². The standard InChI is InChI=1S/C14H16N2O/c1-9-3-4-10-11(13(9)17-2)5-6-12(10)14-15-7-8-16-14/h3-4,7-8,12H,5-6H2,1-2H3,(H,15,16). The van der Waals surface area contributed by atoms with Gasteiger partial charge in [-0.1, -0.05) is 12.1 Å². The second-order valence-electron chi connectivity index (χ2n) is 4.55. The molecule has 88 valence electrons. The molecule has 3 heteroatoms. The van der Waals surface area contributed by atoms with Crippen LogP contribution in [0.25, 0.3) is 0 Å². The van der Waals surface area contributed by atoms with E-state index >= 15 is 0 Å². The quantitative estimate of drug-likeness (QED) is 0.858. The minimum absolute atomic E-state index is 0.398. The van der Waals surface area contributed by atoms with Gasteiger partial charge in [-0.15, -0.1) is 0 Å². The lowest BCUT2D eigenvalue weighted by Crippen LogP contribution is -1.99. The SMILES string of the molecule is COc1c(C)ccc2c1CCC2c1ncc[nH]1. The van der Waals surface area contributed by atoms with Crippen LogP contribution in [0, 0.1) is 6.92 Å². The number of hydrogen-bond donors (Lipinski definition) is 1. The number of rotatable bonds is 2. The summed E-state index contributed by atoms with van der Waals surface area (Å²) in [6, 6.07) is 4.35. The van der Waals surface area contributed by atoms with Crippen LogP contribution in [0.3, 0.4) is 0 Å². The maximum atomic E-state index is 5.52. The molecular weight excluding hydrogens is 212 g/mol. The van der Waals surface area contributed by atoms with Crippen molar-refractivity contribution in [3.8, 4) is 5.75 Å². The molecule has 0 saturated heterocycles. The minimum Gasteiger partial charge on any atom is -0.496 e. The molecule has 1 atom stereocenters. The van der Waals surface area contributed by atoms with Crippen LogP contribution in [-0.2, 0) is 6.42 Å². The van der Waals surface area contributed by atoms with Gasteiger partial charge in [-0.3, -0.25) is 0 Å². The fourth-order valence-corrected chi connectivity index (χ4v) is 2.82. The minimum atomic E-state index is 0.398. The molecule has 2 aromatic rings. The number of methoxy groups -OCH3 is 1. The highest BCUT2D eigenvalue weighted by Crippen LogP contribution is 2.42. The van der Waals surface area contributed by atoms with Crippen LogP contribution in [0.15, 0.2) is 24.5 Å². The van der Waals surface area contributed by atoms with Gasteiger partial charge in [-0.25, -0.2) is 4.98 Å². The Hall–Kier alpha value is -1.77. The van der Waals surface area contributed by atoms with Crippen LogP contribution in [0.5, 0.6) is 5.75 Å². The molecule has 3 nitrogen and oxygen atoms in total. The monoisotopic (exact) mass is 228 g/mol. The first-order valence-corrected chi connectivity index (χ1v) is 5.97. The lowest BCUT2D eigenvalue weighted by Gasteiger charge is -2.12. The molecule has 3 rings (SSSR count). The first-order valence-electron chi connectivity index (χ1n) is 5.97. The fraction of sp³-hybridized carbons (Fsp3) is 0.357. The number of benzene rings is 1. The predicted molar refractivity (Wildman–Crippen MR) is 66.5 cm³/mol. The number of ether oxygens (including phenoxy) is 1. The summed E-state index contributed by atoms with van der Waals surface area (Å²) in [5, 5.41) is 0. The second kappa shape index (κ2) is 3.91. The number of aryl methyl sites for hydroxylation is 1. The summed E-state index contributed by atoms with van der Waals surface area (Å²) in [6.07, 6.45) is 5.89. The molecule has 0 aliphatic heterocycles. The van der Waals surface area contributed by atoms with Gasteiger partial charge < -0.3 is 9.72 Å². The van der Waals surface area contributed by atoms with Gasteiger partial charge in [-0.2, -0.15) is 0 Å². The van der Waals surface area contributed by atoms with Gasteiger partial charge in [0, 0.05) is 18.3 Å². The maximum Gasteiger partial charge on any atom is 0.125 e. The van der Waals surface area contributed by atoms with Crippen molar-refractivity contribution in [3.63, 3.8) is 0 Å². The molecule has 1 heterocycles. The maximum absolute atomic E-state index is 5.52. The van der Waals surface area contributed by atoms with E-state index in [1.54, 1.807) is 7.11 Å². The summed E-state index contributed by atoms with van der Waals surface area (Å²) in [4.78, 5) is 7.60. The average molecular weight is 228 g/mol. The Morgan fingerprint density at radius 1 is 1.41 bits per heavy atom. The fourth-order valence-electron chi connectivity index (χ4n) is 2.82. The van der Waals surface area contributed by atoms with Gasteiger partial charge in [0.15, 0.2) is 0 Å². The summed E-state index contributed by atoms with van der Waals surface area (Å²) in [6.45, 7) is 2.10. The second-order valence-corrected chi connectivity index (χ2v) is 4.55. The molecule has 0 amide bonds. The summed E-state index contributed by atoms with van der Waals surface area (Å²) >= 11 is 0. The first-order chi connectivity index (χ1) is 8.31. The van der Waals surface area contributed by atoms with Crippen LogP contribution in [0.2, 0.25) is 0 Å². The number of fused-ring (bicyclic) bond motifs is 1. The summed E-state index contributed by atoms with van der Waals surface area (Å²) in [5.41, 5.74) is 3.93. The van der Waals surface area contributed by atoms with E-state index in [9.17, 15) is 0 Å². The lowest BCUT2D eigenvalue weighted by molar-refractivity contribution is 0.407. The van der Waals surface area contributed by atoms with Gasteiger partial charge in [0.1, 0.15) is 11.6 Å². The molecule has 1 aromatic heterocycles. The summed E-state index contributed by atoms with van der Waals surface area (Å²) in [5.74, 6) is 2.51. The zero-order chi connectivity index (χ0) is 11.8. The molecule has 0 saturated carbocycles. The third-order valence-electron chi connectivity index (χ3n) is 3.61. The molecule has 0 fully saturated rings. The predicted octanol–water partition coefficient (Wildman–Crippen LogP) is 2.80. The highest BCUT2D eigenvalue weighted by Gasteiger charge is 2.28. The molecule has 0 spiro atoms. The number of aromatic amines is 1. The van der Waals surface area contributed by atoms with Crippen LogP contribution < -0.4 is 4.74 Å². The molecule has 0 bridgehead atoms. The van der Waals surface area contributed by atoms with Crippen molar-refractivity contribution in [2.24, 2.45) is 0 Å². The topological polar surface area (TPSA) is 37.9 Å². The van der Waals surface area contributed by atoms with E-state index < -0.39 is 0 Å². The van der Waals surface area contributed by atoms with Crippen LogP contribution in [0.1, 0.15) is 34.9 Å². The average Bonchev–Trinajstić information content (AvgIpc) is 2.96. The van der Waals surface area contributed by atoms with Crippen molar-refractivity contribution in [1.29, 1.82) is 0 Å². The molecule has 1 aliphatic rings. The van der Waals surface area contributed by atoms with E-state index in [1.165, 1.54) is 16.7 Å². The van der Waals surface area contributed by atoms with Gasteiger partial charge in [0.05, 0.1) is 7.11 Å². The number of imidazole rings is 1. The zero-order valence-corrected chi connectivity index (χ0v) is 10.2. The molecule has 0 radical (unpaired) electrons. The van der Waals surface area contributed by atoms with Gasteiger partial charge >= 0.3 is 0 Å². The molecular formula is C14H16N2O. The van der Waals surface area contributed by atoms with Crippen molar-refractivity contribution in [1.82, 2.24) is 9.97 Å². The van der Waals surface area contributed by atoms with E-state index in [-0.39, 0.29) is 0 Å². The highest BCUT2D eigenvalue weighted by molar-refractivity contribution is 5.51. The Labute approximate surface area is 101 Å². The molecule has 1 unspecified atom stereocenters. The van der Waals surface area contributed by atoms with Crippen molar-refractivity contribution in [2.75, 3.05) is 7.11 Å². The van der Waals surface area contributed by atoms with Crippen molar-refractivity contribution < 1.29 is 4.74 Å². The summed E-state index contributed by atoms with van der Waals surface area (Å²) < 4.78 is 5.52. The Morgan fingerprint density at radius 2 is 2.29 bits per heavy atom. The Kier molecular flexibility index (Phi) is 2.39. The molecule has 17 heavy (non-hydrogen) atoms. The van der Waals surface area contributed by atoms with Crippen molar-refractivity contribution in [2.45, 2.75) is 25.7 Å². The van der Waals surface area contributed by atoms with Gasteiger partial charge in [0.25, 0.3) is 0 Å². The van der Waals surface area contributed by atoms with Crippen LogP contribution in [0.4, 0.5) is 0 Å². The molecule has 1 aromatic carbocycles. The Bertz CT molecular complexity index is 531. The van der Waals surface area contributed by atoms with Gasteiger partial charge in [0.2, 0.25) is 0 Å². The Balaban J connectivity index is 2.09. The van der Waals surface area contributed by atoms with Crippen molar-refractivity contribution >= 4 is 0 Å². The van der Waals surface area contributed by atoms with E-state index in [4.69, 9.17) is 4.74 Å². The number of hydrogen-bond acceptors (Lipinski definition) is 2. The third kappa shape index (κ3) is 1.54. The summed E-state index contributed by atoms with van der Waals surface area (Å²) in [7, 11) is 1.75. The number of H-pyrrole nitrogens is 1. The van der Waals surface area contributed by atoms with Crippen LogP contribution in [-0.4, -0.2) is 17.1 Å². The van der Waals surface area contributed by atoms with Gasteiger partial charge in [-0.05, 0) is 36.5 Å². The lowest BCUT2D eigenvalue weighted by atomic mass is 9.99. The molecule has 1 aliphatic carbocycles. The smallest absolute Gasteiger partial charge is 0.125 e. The van der Waals surface area contributed by atoms with E-state index in [0.29, 0.717) is 5.92 Å². The van der Waals surface area contributed by atoms with Crippen LogP contribution >= 0.6 is 0 Å².